The third kappa shape index (κ3) is 4.22. The molecule has 1 rings (SSSR count). The van der Waals surface area contributed by atoms with Crippen molar-refractivity contribution in [3.8, 4) is 0 Å². The van der Waals surface area contributed by atoms with Crippen molar-refractivity contribution >= 4 is 11.9 Å². The van der Waals surface area contributed by atoms with Gasteiger partial charge in [-0.05, 0) is 26.0 Å². The molecule has 5 heteroatoms. The molecule has 0 saturated heterocycles. The van der Waals surface area contributed by atoms with Gasteiger partial charge in [0.15, 0.2) is 0 Å². The minimum Gasteiger partial charge on any atom is -0.460 e. The summed E-state index contributed by atoms with van der Waals surface area (Å²) in [6, 6.07) is 3.21. The highest BCUT2D eigenvalue weighted by Gasteiger charge is 2.26. The Hall–Kier alpha value is -1.91. The zero-order chi connectivity index (χ0) is 12.8. The maximum atomic E-state index is 11.8. The van der Waals surface area contributed by atoms with Crippen LogP contribution in [-0.2, 0) is 19.1 Å². The third-order valence-corrected chi connectivity index (χ3v) is 1.86. The van der Waals surface area contributed by atoms with Gasteiger partial charge in [-0.1, -0.05) is 0 Å². The fourth-order valence-corrected chi connectivity index (χ4v) is 1.25. The van der Waals surface area contributed by atoms with E-state index in [1.54, 1.807) is 26.0 Å². The molecule has 0 aliphatic heterocycles. The molecule has 1 aromatic rings. The van der Waals surface area contributed by atoms with Crippen LogP contribution in [0.25, 0.3) is 0 Å². The summed E-state index contributed by atoms with van der Waals surface area (Å²) in [5.74, 6) is -1.12. The Balaban J connectivity index is 2.88. The molecule has 17 heavy (non-hydrogen) atoms. The second kappa shape index (κ2) is 5.98. The van der Waals surface area contributed by atoms with Gasteiger partial charge in [-0.15, -0.1) is 0 Å². The number of hydrogen-bond acceptors (Lipinski definition) is 5. The van der Waals surface area contributed by atoms with Gasteiger partial charge in [0.1, 0.15) is 0 Å². The lowest BCUT2D eigenvalue weighted by Crippen LogP contribution is -2.23. The molecular weight excluding hydrogens is 222 g/mol. The molecule has 1 heterocycles. The quantitative estimate of drug-likeness (QED) is 0.745. The molecule has 1 unspecified atom stereocenters. The van der Waals surface area contributed by atoms with E-state index >= 15 is 0 Å². The van der Waals surface area contributed by atoms with Gasteiger partial charge in [0.2, 0.25) is 6.10 Å². The molecular formula is C12H15NO4. The lowest BCUT2D eigenvalue weighted by Gasteiger charge is -2.17. The largest absolute Gasteiger partial charge is 0.460 e. The first kappa shape index (κ1) is 13.2. The van der Waals surface area contributed by atoms with Crippen molar-refractivity contribution < 1.29 is 19.1 Å². The second-order valence-electron chi connectivity index (χ2n) is 3.76. The Morgan fingerprint density at radius 2 is 1.76 bits per heavy atom. The smallest absolute Gasteiger partial charge is 0.352 e. The number of carbonyl (C=O) groups excluding carboxylic acids is 2. The van der Waals surface area contributed by atoms with E-state index in [0.717, 1.165) is 0 Å². The number of esters is 2. The van der Waals surface area contributed by atoms with E-state index in [1.165, 1.54) is 19.3 Å². The third-order valence-electron chi connectivity index (χ3n) is 1.86. The first-order valence-electron chi connectivity index (χ1n) is 5.28. The van der Waals surface area contributed by atoms with Crippen LogP contribution >= 0.6 is 0 Å². The molecule has 0 fully saturated rings. The molecule has 0 aliphatic rings. The molecule has 5 nitrogen and oxygen atoms in total. The molecule has 0 saturated carbocycles. The molecule has 0 amide bonds. The van der Waals surface area contributed by atoms with Gasteiger partial charge in [0.25, 0.3) is 0 Å². The zero-order valence-corrected chi connectivity index (χ0v) is 10.0. The summed E-state index contributed by atoms with van der Waals surface area (Å²) >= 11 is 0. The van der Waals surface area contributed by atoms with Crippen molar-refractivity contribution in [2.24, 2.45) is 0 Å². The van der Waals surface area contributed by atoms with E-state index in [1.807, 2.05) is 0 Å². The first-order chi connectivity index (χ1) is 8.00. The van der Waals surface area contributed by atoms with E-state index < -0.39 is 18.0 Å². The highest BCUT2D eigenvalue weighted by atomic mass is 16.6. The number of carbonyl (C=O) groups is 2. The second-order valence-corrected chi connectivity index (χ2v) is 3.76. The van der Waals surface area contributed by atoms with Gasteiger partial charge in [0, 0.05) is 24.9 Å². The molecule has 0 aromatic carbocycles. The highest BCUT2D eigenvalue weighted by molar-refractivity contribution is 5.80. The standard InChI is InChI=1S/C12H15NO4/c1-8(2)16-12(15)11(17-9(3)14)10-4-6-13-7-5-10/h4-8,11H,1-3H3. The van der Waals surface area contributed by atoms with Crippen LogP contribution in [0.1, 0.15) is 32.4 Å². The van der Waals surface area contributed by atoms with Crippen LogP contribution in [0.4, 0.5) is 0 Å². The predicted molar refractivity (Wildman–Crippen MR) is 60.0 cm³/mol. The fourth-order valence-electron chi connectivity index (χ4n) is 1.25. The zero-order valence-electron chi connectivity index (χ0n) is 10.0. The minimum atomic E-state index is -1.03. The monoisotopic (exact) mass is 237 g/mol. The number of aromatic nitrogens is 1. The van der Waals surface area contributed by atoms with Gasteiger partial charge in [0.05, 0.1) is 6.10 Å². The van der Waals surface area contributed by atoms with E-state index in [4.69, 9.17) is 9.47 Å². The SMILES string of the molecule is CC(=O)OC(C(=O)OC(C)C)c1ccncc1. The van der Waals surface area contributed by atoms with Gasteiger partial charge in [-0.25, -0.2) is 4.79 Å². The normalized spacial score (nSPS) is 12.0. The molecule has 0 aliphatic carbocycles. The van der Waals surface area contributed by atoms with Crippen molar-refractivity contribution in [3.05, 3.63) is 30.1 Å². The maximum absolute atomic E-state index is 11.8. The summed E-state index contributed by atoms with van der Waals surface area (Å²) < 4.78 is 9.99. The van der Waals surface area contributed by atoms with Gasteiger partial charge in [-0.3, -0.25) is 9.78 Å². The lowest BCUT2D eigenvalue weighted by atomic mass is 10.1. The molecule has 1 aromatic heterocycles. The number of rotatable bonds is 4. The molecule has 0 N–H and O–H groups in total. The summed E-state index contributed by atoms with van der Waals surface area (Å²) in [6.45, 7) is 4.71. The van der Waals surface area contributed by atoms with E-state index in [2.05, 4.69) is 4.98 Å². The van der Waals surface area contributed by atoms with Crippen LogP contribution in [0, 0.1) is 0 Å². The average molecular weight is 237 g/mol. The van der Waals surface area contributed by atoms with Crippen LogP contribution in [-0.4, -0.2) is 23.0 Å². The molecule has 0 spiro atoms. The number of pyridine rings is 1. The molecule has 0 bridgehead atoms. The van der Waals surface area contributed by atoms with Crippen LogP contribution in [0.15, 0.2) is 24.5 Å². The Bertz CT molecular complexity index is 389. The highest BCUT2D eigenvalue weighted by Crippen LogP contribution is 2.19. The number of nitrogens with zero attached hydrogens (tertiary/aromatic N) is 1. The topological polar surface area (TPSA) is 65.5 Å². The lowest BCUT2D eigenvalue weighted by molar-refractivity contribution is -0.170. The Morgan fingerprint density at radius 3 is 2.24 bits per heavy atom. The van der Waals surface area contributed by atoms with Crippen molar-refractivity contribution in [3.63, 3.8) is 0 Å². The van der Waals surface area contributed by atoms with Crippen LogP contribution < -0.4 is 0 Å². The Labute approximate surface area is 99.8 Å². The van der Waals surface area contributed by atoms with Gasteiger partial charge >= 0.3 is 11.9 Å². The number of ether oxygens (including phenoxy) is 2. The van der Waals surface area contributed by atoms with Gasteiger partial charge in [-0.2, -0.15) is 0 Å². The summed E-state index contributed by atoms with van der Waals surface area (Å²) in [6.07, 6.45) is 1.75. The van der Waals surface area contributed by atoms with E-state index in [0.29, 0.717) is 5.56 Å². The Kier molecular flexibility index (Phi) is 4.63. The van der Waals surface area contributed by atoms with E-state index in [-0.39, 0.29) is 6.10 Å². The average Bonchev–Trinajstić information content (AvgIpc) is 2.25. The van der Waals surface area contributed by atoms with Crippen LogP contribution in [0.3, 0.4) is 0 Å². The summed E-state index contributed by atoms with van der Waals surface area (Å²) in [4.78, 5) is 26.6. The summed E-state index contributed by atoms with van der Waals surface area (Å²) in [5, 5.41) is 0. The molecule has 92 valence electrons. The summed E-state index contributed by atoms with van der Waals surface area (Å²) in [7, 11) is 0. The Morgan fingerprint density at radius 1 is 1.18 bits per heavy atom. The number of hydrogen-bond donors (Lipinski definition) is 0. The molecule has 1 atom stereocenters. The van der Waals surface area contributed by atoms with Gasteiger partial charge < -0.3 is 9.47 Å². The first-order valence-corrected chi connectivity index (χ1v) is 5.28. The van der Waals surface area contributed by atoms with Crippen LogP contribution in [0.5, 0.6) is 0 Å². The van der Waals surface area contributed by atoms with Crippen molar-refractivity contribution in [1.82, 2.24) is 4.98 Å². The predicted octanol–water partition coefficient (Wildman–Crippen LogP) is 1.64. The maximum Gasteiger partial charge on any atom is 0.352 e. The fraction of sp³-hybridized carbons (Fsp3) is 0.417. The summed E-state index contributed by atoms with van der Waals surface area (Å²) in [5.41, 5.74) is 0.542. The van der Waals surface area contributed by atoms with Crippen LogP contribution in [0.2, 0.25) is 0 Å². The minimum absolute atomic E-state index is 0.262. The molecule has 0 radical (unpaired) electrons. The van der Waals surface area contributed by atoms with Crippen molar-refractivity contribution in [2.45, 2.75) is 33.0 Å². The van der Waals surface area contributed by atoms with E-state index in [9.17, 15) is 9.59 Å². The van der Waals surface area contributed by atoms with Crippen molar-refractivity contribution in [2.75, 3.05) is 0 Å². The van der Waals surface area contributed by atoms with Crippen molar-refractivity contribution in [1.29, 1.82) is 0 Å².